The summed E-state index contributed by atoms with van der Waals surface area (Å²) in [6.07, 6.45) is 2.53. The highest BCUT2D eigenvalue weighted by Gasteiger charge is 2.50. The second-order valence-electron chi connectivity index (χ2n) is 4.51. The van der Waals surface area contributed by atoms with Gasteiger partial charge in [0.1, 0.15) is 5.37 Å². The van der Waals surface area contributed by atoms with Crippen LogP contribution in [0.4, 0.5) is 0 Å². The maximum atomic E-state index is 12.1. The molecule has 2 N–H and O–H groups in total. The molecule has 5 nitrogen and oxygen atoms in total. The second-order valence-corrected chi connectivity index (χ2v) is 7.87. The molecule has 1 saturated carbocycles. The van der Waals surface area contributed by atoms with E-state index in [9.17, 15) is 13.2 Å². The first-order valence-corrected chi connectivity index (χ1v) is 8.32. The van der Waals surface area contributed by atoms with Gasteiger partial charge in [0, 0.05) is 24.3 Å². The van der Waals surface area contributed by atoms with Gasteiger partial charge >= 0.3 is 0 Å². The zero-order chi connectivity index (χ0) is 12.0. The molecule has 1 unspecified atom stereocenters. The Morgan fingerprint density at radius 2 is 2.12 bits per heavy atom. The monoisotopic (exact) mass is 264 g/mol. The van der Waals surface area contributed by atoms with Gasteiger partial charge in [-0.1, -0.05) is 0 Å². The van der Waals surface area contributed by atoms with Crippen LogP contribution in [0.25, 0.3) is 0 Å². The lowest BCUT2D eigenvalue weighted by molar-refractivity contribution is -0.134. The van der Waals surface area contributed by atoms with Crippen LogP contribution in [0, 0.1) is 0 Å². The van der Waals surface area contributed by atoms with Crippen LogP contribution in [0.15, 0.2) is 0 Å². The van der Waals surface area contributed by atoms with Gasteiger partial charge in [-0.05, 0) is 12.8 Å². The first-order chi connectivity index (χ1) is 7.34. The molecule has 1 saturated heterocycles. The fourth-order valence-corrected chi connectivity index (χ4v) is 4.62. The summed E-state index contributed by atoms with van der Waals surface area (Å²) in [6, 6.07) is 0. The van der Waals surface area contributed by atoms with Crippen molar-refractivity contribution < 1.29 is 13.2 Å². The Morgan fingerprint density at radius 1 is 1.50 bits per heavy atom. The highest BCUT2D eigenvalue weighted by molar-refractivity contribution is 8.00. The summed E-state index contributed by atoms with van der Waals surface area (Å²) in [5, 5.41) is -0.695. The predicted octanol–water partition coefficient (Wildman–Crippen LogP) is -0.576. The maximum Gasteiger partial charge on any atom is 0.243 e. The fraction of sp³-hybridized carbons (Fsp3) is 0.889. The number of hydrogen-bond acceptors (Lipinski definition) is 5. The molecule has 7 heteroatoms. The average Bonchev–Trinajstić information content (AvgIpc) is 2.95. The van der Waals surface area contributed by atoms with E-state index in [-0.39, 0.29) is 5.91 Å². The van der Waals surface area contributed by atoms with Crippen LogP contribution in [-0.4, -0.2) is 54.4 Å². The minimum Gasteiger partial charge on any atom is -0.322 e. The summed E-state index contributed by atoms with van der Waals surface area (Å²) in [4.78, 5) is 13.5. The smallest absolute Gasteiger partial charge is 0.243 e. The zero-order valence-electron chi connectivity index (χ0n) is 9.18. The SMILES string of the molecule is CS(=O)(=O)C1CSCCN1C(=O)C1(N)CC1. The highest BCUT2D eigenvalue weighted by Crippen LogP contribution is 2.36. The van der Waals surface area contributed by atoms with Crippen molar-refractivity contribution in [3.05, 3.63) is 0 Å². The molecular weight excluding hydrogens is 248 g/mol. The van der Waals surface area contributed by atoms with Crippen molar-refractivity contribution in [1.29, 1.82) is 0 Å². The molecule has 0 aromatic heterocycles. The Kier molecular flexibility index (Phi) is 2.96. The van der Waals surface area contributed by atoms with Crippen molar-refractivity contribution in [3.63, 3.8) is 0 Å². The summed E-state index contributed by atoms with van der Waals surface area (Å²) in [5.74, 6) is 1.05. The lowest BCUT2D eigenvalue weighted by Crippen LogP contribution is -2.55. The quantitative estimate of drug-likeness (QED) is 0.722. The molecule has 1 amide bonds. The molecule has 16 heavy (non-hydrogen) atoms. The molecule has 0 radical (unpaired) electrons. The molecule has 2 fully saturated rings. The molecular formula is C9H16N2O3S2. The van der Waals surface area contributed by atoms with E-state index >= 15 is 0 Å². The summed E-state index contributed by atoms with van der Waals surface area (Å²) in [6.45, 7) is 0.486. The van der Waals surface area contributed by atoms with Crippen LogP contribution in [0.3, 0.4) is 0 Å². The molecule has 2 aliphatic rings. The normalized spacial score (nSPS) is 28.9. The van der Waals surface area contributed by atoms with Gasteiger partial charge in [0.25, 0.3) is 0 Å². The number of nitrogens with two attached hydrogens (primary N) is 1. The lowest BCUT2D eigenvalue weighted by atomic mass is 10.2. The number of amides is 1. The van der Waals surface area contributed by atoms with Gasteiger partial charge in [-0.3, -0.25) is 4.79 Å². The number of nitrogens with zero attached hydrogens (tertiary/aromatic N) is 1. The Balaban J connectivity index is 2.20. The summed E-state index contributed by atoms with van der Waals surface area (Å²) < 4.78 is 23.2. The highest BCUT2D eigenvalue weighted by atomic mass is 32.2. The topological polar surface area (TPSA) is 80.5 Å². The predicted molar refractivity (Wildman–Crippen MR) is 63.8 cm³/mol. The van der Waals surface area contributed by atoms with Crippen molar-refractivity contribution >= 4 is 27.5 Å². The van der Waals surface area contributed by atoms with E-state index in [2.05, 4.69) is 0 Å². The van der Waals surface area contributed by atoms with Crippen LogP contribution >= 0.6 is 11.8 Å². The number of carbonyl (C=O) groups is 1. The standard InChI is InChI=1S/C9H16N2O3S2/c1-16(13,14)7-6-15-5-4-11(7)8(12)9(10)2-3-9/h7H,2-6,10H2,1H3. The number of thioether (sulfide) groups is 1. The van der Waals surface area contributed by atoms with Gasteiger partial charge in [0.15, 0.2) is 9.84 Å². The minimum atomic E-state index is -3.22. The van der Waals surface area contributed by atoms with E-state index in [1.54, 1.807) is 11.8 Å². The number of hydrogen-bond donors (Lipinski definition) is 1. The van der Waals surface area contributed by atoms with Crippen LogP contribution in [0.1, 0.15) is 12.8 Å². The molecule has 2 rings (SSSR count). The van der Waals surface area contributed by atoms with Crippen molar-refractivity contribution in [2.24, 2.45) is 5.73 Å². The van der Waals surface area contributed by atoms with Gasteiger partial charge in [0.05, 0.1) is 5.54 Å². The van der Waals surface area contributed by atoms with Crippen molar-refractivity contribution in [3.8, 4) is 0 Å². The van der Waals surface area contributed by atoms with Crippen LogP contribution in [-0.2, 0) is 14.6 Å². The van der Waals surface area contributed by atoms with Crippen molar-refractivity contribution in [1.82, 2.24) is 4.90 Å². The largest absolute Gasteiger partial charge is 0.322 e. The third-order valence-corrected chi connectivity index (χ3v) is 5.70. The molecule has 0 spiro atoms. The Bertz CT molecular complexity index is 403. The summed E-state index contributed by atoms with van der Waals surface area (Å²) in [5.41, 5.74) is 5.06. The number of rotatable bonds is 2. The Hall–Kier alpha value is -0.270. The van der Waals surface area contributed by atoms with Crippen LogP contribution in [0.2, 0.25) is 0 Å². The minimum absolute atomic E-state index is 0.191. The van der Waals surface area contributed by atoms with Gasteiger partial charge in [-0.25, -0.2) is 8.42 Å². The average molecular weight is 264 g/mol. The van der Waals surface area contributed by atoms with E-state index in [1.165, 1.54) is 11.2 Å². The van der Waals surface area contributed by atoms with E-state index in [1.807, 2.05) is 0 Å². The molecule has 1 atom stereocenters. The van der Waals surface area contributed by atoms with E-state index in [4.69, 9.17) is 5.73 Å². The molecule has 0 aromatic rings. The van der Waals surface area contributed by atoms with Gasteiger partial charge in [-0.2, -0.15) is 11.8 Å². The van der Waals surface area contributed by atoms with Gasteiger partial charge < -0.3 is 10.6 Å². The Labute approximate surface area is 99.7 Å². The van der Waals surface area contributed by atoms with Gasteiger partial charge in [0.2, 0.25) is 5.91 Å². The van der Waals surface area contributed by atoms with Crippen molar-refractivity contribution in [2.45, 2.75) is 23.8 Å². The molecule has 1 aliphatic heterocycles. The first-order valence-electron chi connectivity index (χ1n) is 5.21. The molecule has 0 bridgehead atoms. The fourth-order valence-electron chi connectivity index (χ4n) is 1.80. The number of sulfone groups is 1. The summed E-state index contributed by atoms with van der Waals surface area (Å²) in [7, 11) is -3.22. The molecule has 92 valence electrons. The lowest BCUT2D eigenvalue weighted by Gasteiger charge is -2.35. The van der Waals surface area contributed by atoms with E-state index in [0.29, 0.717) is 25.1 Å². The summed E-state index contributed by atoms with van der Waals surface area (Å²) >= 11 is 1.57. The number of carbonyl (C=O) groups excluding carboxylic acids is 1. The third kappa shape index (κ3) is 2.21. The first kappa shape index (κ1) is 12.2. The van der Waals surface area contributed by atoms with E-state index in [0.717, 1.165) is 5.75 Å². The molecule has 1 aliphatic carbocycles. The molecule has 1 heterocycles. The van der Waals surface area contributed by atoms with Crippen molar-refractivity contribution in [2.75, 3.05) is 24.3 Å². The maximum absolute atomic E-state index is 12.1. The third-order valence-electron chi connectivity index (χ3n) is 3.05. The molecule has 0 aromatic carbocycles. The Morgan fingerprint density at radius 3 is 2.62 bits per heavy atom. The second kappa shape index (κ2) is 3.89. The van der Waals surface area contributed by atoms with Gasteiger partial charge in [-0.15, -0.1) is 0 Å². The van der Waals surface area contributed by atoms with Crippen LogP contribution < -0.4 is 5.73 Å². The van der Waals surface area contributed by atoms with E-state index < -0.39 is 20.8 Å². The van der Waals surface area contributed by atoms with Crippen LogP contribution in [0.5, 0.6) is 0 Å². The zero-order valence-corrected chi connectivity index (χ0v) is 10.8.